The summed E-state index contributed by atoms with van der Waals surface area (Å²) in [5.74, 6) is -0.382. The molecule has 1 heterocycles. The molecule has 0 radical (unpaired) electrons. The number of amides is 1. The Bertz CT molecular complexity index is 1880. The number of aromatic nitrogens is 1. The molecule has 1 aliphatic carbocycles. The second kappa shape index (κ2) is 12.4. The largest absolute Gasteiger partial charge is 0.508 e. The van der Waals surface area contributed by atoms with E-state index < -0.39 is 18.0 Å². The zero-order valence-corrected chi connectivity index (χ0v) is 24.5. The maximum Gasteiger partial charge on any atom is 0.340 e. The van der Waals surface area contributed by atoms with Gasteiger partial charge in [0.15, 0.2) is 0 Å². The fourth-order valence-electron chi connectivity index (χ4n) is 5.66. The lowest BCUT2D eigenvalue weighted by atomic mass is 9.86. The van der Waals surface area contributed by atoms with Crippen LogP contribution in [0.5, 0.6) is 11.5 Å². The van der Waals surface area contributed by atoms with Crippen LogP contribution in [0.3, 0.4) is 0 Å². The van der Waals surface area contributed by atoms with Crippen LogP contribution >= 0.6 is 0 Å². The first kappa shape index (κ1) is 28.7. The molecule has 4 aromatic carbocycles. The first-order chi connectivity index (χ1) is 21.4. The molecule has 0 saturated heterocycles. The molecule has 5 aromatic rings. The molecular weight excluding hydrogens is 552 g/mol. The van der Waals surface area contributed by atoms with Crippen molar-refractivity contribution in [2.75, 3.05) is 12.4 Å². The Hall–Kier alpha value is -5.43. The lowest BCUT2D eigenvalue weighted by Gasteiger charge is -2.24. The summed E-state index contributed by atoms with van der Waals surface area (Å²) in [5, 5.41) is 13.3. The molecule has 0 spiro atoms. The highest BCUT2D eigenvalue weighted by atomic mass is 16.5. The van der Waals surface area contributed by atoms with Gasteiger partial charge in [-0.05, 0) is 84.9 Å². The van der Waals surface area contributed by atoms with Crippen LogP contribution in [-0.4, -0.2) is 29.1 Å². The number of hydrogen-bond acceptors (Lipinski definition) is 6. The number of phenols is 1. The Morgan fingerprint density at radius 3 is 2.45 bits per heavy atom. The van der Waals surface area contributed by atoms with Crippen molar-refractivity contribution in [3.05, 3.63) is 131 Å². The number of aromatic hydroxyl groups is 1. The second-order valence-electron chi connectivity index (χ2n) is 10.8. The zero-order valence-electron chi connectivity index (χ0n) is 24.5. The summed E-state index contributed by atoms with van der Waals surface area (Å²) >= 11 is 0. The molecule has 1 atom stereocenters. The van der Waals surface area contributed by atoms with Crippen molar-refractivity contribution in [3.63, 3.8) is 0 Å². The number of rotatable bonds is 7. The number of benzene rings is 4. The van der Waals surface area contributed by atoms with Gasteiger partial charge in [0.05, 0.1) is 29.6 Å². The number of carbonyl (C=O) groups is 2. The Kier molecular flexibility index (Phi) is 8.10. The number of aryl methyl sites for hydroxylation is 1. The summed E-state index contributed by atoms with van der Waals surface area (Å²) in [7, 11) is 1.54. The standard InChI is InChI=1S/C37H32N2O5/c1-23-15-20-32(43-2)31(21-23)39-36(41)35(25-9-4-3-5-10-25)44-37(42)33-28-12-6-7-14-30(28)38-34-26(11-8-13-29(33)34)22-24-16-18-27(40)19-17-24/h3-7,9-10,12,14-22,35,40H,8,11,13H2,1-2H3,(H,39,41)/b26-22+. The molecule has 1 unspecified atom stereocenters. The lowest BCUT2D eigenvalue weighted by Crippen LogP contribution is -2.27. The maximum atomic E-state index is 14.2. The van der Waals surface area contributed by atoms with Gasteiger partial charge in [-0.25, -0.2) is 9.78 Å². The highest BCUT2D eigenvalue weighted by Gasteiger charge is 2.31. The molecule has 0 fully saturated rings. The van der Waals surface area contributed by atoms with Crippen molar-refractivity contribution >= 4 is 40.1 Å². The van der Waals surface area contributed by atoms with Gasteiger partial charge in [-0.3, -0.25) is 4.79 Å². The molecule has 1 amide bonds. The minimum atomic E-state index is -1.22. The van der Waals surface area contributed by atoms with Gasteiger partial charge in [0.2, 0.25) is 6.10 Å². The number of ether oxygens (including phenoxy) is 2. The summed E-state index contributed by atoms with van der Waals surface area (Å²) in [6, 6.07) is 29.0. The Morgan fingerprint density at radius 1 is 0.932 bits per heavy atom. The van der Waals surface area contributed by atoms with Crippen molar-refractivity contribution < 1.29 is 24.2 Å². The van der Waals surface area contributed by atoms with E-state index in [-0.39, 0.29) is 5.75 Å². The molecule has 2 N–H and O–H groups in total. The number of para-hydroxylation sites is 1. The highest BCUT2D eigenvalue weighted by molar-refractivity contribution is 6.08. The number of esters is 1. The topological polar surface area (TPSA) is 97.8 Å². The molecule has 7 nitrogen and oxygen atoms in total. The van der Waals surface area contributed by atoms with Crippen molar-refractivity contribution in [2.45, 2.75) is 32.3 Å². The lowest BCUT2D eigenvalue weighted by molar-refractivity contribution is -0.125. The van der Waals surface area contributed by atoms with Crippen LogP contribution in [0.1, 0.15) is 57.3 Å². The molecule has 44 heavy (non-hydrogen) atoms. The second-order valence-corrected chi connectivity index (χ2v) is 10.8. The zero-order chi connectivity index (χ0) is 30.6. The van der Waals surface area contributed by atoms with Crippen molar-refractivity contribution in [1.82, 2.24) is 4.98 Å². The van der Waals surface area contributed by atoms with E-state index in [0.29, 0.717) is 39.9 Å². The SMILES string of the molecule is COc1ccc(C)cc1NC(=O)C(OC(=O)c1c2c(nc3ccccc13)/C(=C/c1ccc(O)cc1)CCC2)c1ccccc1. The van der Waals surface area contributed by atoms with Gasteiger partial charge in [0.25, 0.3) is 5.91 Å². The van der Waals surface area contributed by atoms with E-state index in [4.69, 9.17) is 14.5 Å². The normalized spacial score (nSPS) is 14.1. The molecule has 0 aliphatic heterocycles. The van der Waals surface area contributed by atoms with Crippen LogP contribution in [0.15, 0.2) is 97.1 Å². The molecule has 1 aliphatic rings. The minimum Gasteiger partial charge on any atom is -0.508 e. The highest BCUT2D eigenvalue weighted by Crippen LogP contribution is 2.37. The van der Waals surface area contributed by atoms with Crippen LogP contribution in [0.25, 0.3) is 22.6 Å². The summed E-state index contributed by atoms with van der Waals surface area (Å²) in [4.78, 5) is 33.0. The van der Waals surface area contributed by atoms with Gasteiger partial charge >= 0.3 is 5.97 Å². The number of fused-ring (bicyclic) bond motifs is 2. The number of anilines is 1. The molecule has 1 aromatic heterocycles. The smallest absolute Gasteiger partial charge is 0.340 e. The van der Waals surface area contributed by atoms with Crippen molar-refractivity contribution in [3.8, 4) is 11.5 Å². The third-order valence-corrected chi connectivity index (χ3v) is 7.79. The van der Waals surface area contributed by atoms with E-state index in [1.165, 1.54) is 7.11 Å². The van der Waals surface area contributed by atoms with Gasteiger partial charge < -0.3 is 19.9 Å². The summed E-state index contributed by atoms with van der Waals surface area (Å²) in [6.45, 7) is 1.92. The number of methoxy groups -OCH3 is 1. The van der Waals surface area contributed by atoms with E-state index in [1.807, 2.05) is 67.6 Å². The van der Waals surface area contributed by atoms with Crippen LogP contribution in [0.4, 0.5) is 5.69 Å². The van der Waals surface area contributed by atoms with Gasteiger partial charge in [0, 0.05) is 10.9 Å². The van der Waals surface area contributed by atoms with Crippen molar-refractivity contribution in [1.29, 1.82) is 0 Å². The Labute approximate surface area is 255 Å². The van der Waals surface area contributed by atoms with Crippen LogP contribution < -0.4 is 10.1 Å². The van der Waals surface area contributed by atoms with E-state index in [1.54, 1.807) is 42.5 Å². The van der Waals surface area contributed by atoms with Crippen LogP contribution in [0, 0.1) is 6.92 Å². The number of hydrogen-bond donors (Lipinski definition) is 2. The third-order valence-electron chi connectivity index (χ3n) is 7.79. The van der Waals surface area contributed by atoms with Gasteiger partial charge in [-0.15, -0.1) is 0 Å². The summed E-state index contributed by atoms with van der Waals surface area (Å²) in [6.07, 6.45) is 3.09. The Morgan fingerprint density at radius 2 is 1.68 bits per heavy atom. The first-order valence-electron chi connectivity index (χ1n) is 14.5. The monoisotopic (exact) mass is 584 g/mol. The fourth-order valence-corrected chi connectivity index (χ4v) is 5.66. The minimum absolute atomic E-state index is 0.197. The number of carbonyl (C=O) groups excluding carboxylic acids is 2. The third kappa shape index (κ3) is 5.90. The maximum absolute atomic E-state index is 14.2. The first-order valence-corrected chi connectivity index (χ1v) is 14.5. The van der Waals surface area contributed by atoms with E-state index in [9.17, 15) is 14.7 Å². The van der Waals surface area contributed by atoms with E-state index >= 15 is 0 Å². The molecule has 7 heteroatoms. The van der Waals surface area contributed by atoms with Crippen LogP contribution in [0.2, 0.25) is 0 Å². The van der Waals surface area contributed by atoms with Crippen LogP contribution in [-0.2, 0) is 16.0 Å². The number of allylic oxidation sites excluding steroid dienone is 1. The fraction of sp³-hybridized carbons (Fsp3) is 0.162. The molecule has 0 saturated carbocycles. The number of phenolic OH excluding ortho intramolecular Hbond substituents is 1. The molecule has 6 rings (SSSR count). The average Bonchev–Trinajstić information content (AvgIpc) is 3.04. The van der Waals surface area contributed by atoms with Gasteiger partial charge in [-0.1, -0.05) is 66.7 Å². The summed E-state index contributed by atoms with van der Waals surface area (Å²) in [5.41, 5.74) is 6.55. The van der Waals surface area contributed by atoms with E-state index in [0.717, 1.165) is 40.8 Å². The molecule has 0 bridgehead atoms. The summed E-state index contributed by atoms with van der Waals surface area (Å²) < 4.78 is 11.6. The molecular formula is C37H32N2O5. The number of pyridine rings is 1. The average molecular weight is 585 g/mol. The quantitative estimate of drug-likeness (QED) is 0.191. The number of nitrogens with zero attached hydrogens (tertiary/aromatic N) is 1. The van der Waals surface area contributed by atoms with Gasteiger partial charge in [-0.2, -0.15) is 0 Å². The predicted molar refractivity (Wildman–Crippen MR) is 172 cm³/mol. The van der Waals surface area contributed by atoms with Gasteiger partial charge in [0.1, 0.15) is 11.5 Å². The molecule has 220 valence electrons. The predicted octanol–water partition coefficient (Wildman–Crippen LogP) is 7.67. The Balaban J connectivity index is 1.41. The number of nitrogens with one attached hydrogen (secondary N) is 1. The van der Waals surface area contributed by atoms with Crippen molar-refractivity contribution in [2.24, 2.45) is 0 Å². The van der Waals surface area contributed by atoms with E-state index in [2.05, 4.69) is 5.32 Å².